The average Bonchev–Trinajstić information content (AvgIpc) is 3.30. The van der Waals surface area contributed by atoms with Crippen molar-refractivity contribution >= 4 is 39.1 Å². The number of carbonyl (C=O) groups is 1. The molecule has 0 unspecified atom stereocenters. The number of aromatic nitrogens is 3. The van der Waals surface area contributed by atoms with Gasteiger partial charge in [-0.05, 0) is 36.4 Å². The Bertz CT molecular complexity index is 1160. The number of rotatable bonds is 4. The van der Waals surface area contributed by atoms with Crippen LogP contribution in [0.2, 0.25) is 10.0 Å². The monoisotopic (exact) mass is 465 g/mol. The summed E-state index contributed by atoms with van der Waals surface area (Å²) < 4.78 is 28.8. The molecule has 0 saturated carbocycles. The van der Waals surface area contributed by atoms with Crippen LogP contribution in [0, 0.1) is 0 Å². The van der Waals surface area contributed by atoms with Crippen molar-refractivity contribution in [3.8, 4) is 5.69 Å². The van der Waals surface area contributed by atoms with Crippen LogP contribution in [-0.4, -0.2) is 64.5 Å². The summed E-state index contributed by atoms with van der Waals surface area (Å²) >= 11 is 12.1. The summed E-state index contributed by atoms with van der Waals surface area (Å²) in [6, 6.07) is 11.5. The summed E-state index contributed by atoms with van der Waals surface area (Å²) in [7, 11) is -3.80. The minimum atomic E-state index is -3.80. The molecular weight excluding hydrogens is 449 g/mol. The molecular formula is C19H17Cl2N5O3S. The molecule has 1 amide bonds. The first-order valence-electron chi connectivity index (χ1n) is 9.06. The van der Waals surface area contributed by atoms with Gasteiger partial charge in [-0.1, -0.05) is 29.3 Å². The Morgan fingerprint density at radius 3 is 2.30 bits per heavy atom. The van der Waals surface area contributed by atoms with E-state index in [0.717, 1.165) is 5.69 Å². The van der Waals surface area contributed by atoms with Crippen LogP contribution in [0.25, 0.3) is 5.69 Å². The van der Waals surface area contributed by atoms with Crippen molar-refractivity contribution in [3.63, 3.8) is 0 Å². The number of nitrogens with zero attached hydrogens (tertiary/aromatic N) is 5. The Hall–Kier alpha value is -2.46. The van der Waals surface area contributed by atoms with Crippen molar-refractivity contribution in [2.45, 2.75) is 4.90 Å². The second-order valence-corrected chi connectivity index (χ2v) is 9.33. The normalized spacial score (nSPS) is 15.3. The van der Waals surface area contributed by atoms with Crippen LogP contribution < -0.4 is 0 Å². The molecule has 0 bridgehead atoms. The Morgan fingerprint density at radius 1 is 0.967 bits per heavy atom. The predicted molar refractivity (Wildman–Crippen MR) is 112 cm³/mol. The number of sulfonamides is 1. The number of amides is 1. The lowest BCUT2D eigenvalue weighted by atomic mass is 10.1. The topological polar surface area (TPSA) is 88.4 Å². The lowest BCUT2D eigenvalue weighted by Crippen LogP contribution is -2.50. The molecule has 156 valence electrons. The van der Waals surface area contributed by atoms with Gasteiger partial charge in [-0.15, -0.1) is 0 Å². The quantitative estimate of drug-likeness (QED) is 0.590. The van der Waals surface area contributed by atoms with Crippen LogP contribution in [0.1, 0.15) is 10.4 Å². The molecule has 3 aromatic rings. The van der Waals surface area contributed by atoms with Gasteiger partial charge in [-0.25, -0.2) is 18.1 Å². The van der Waals surface area contributed by atoms with Crippen LogP contribution >= 0.6 is 23.2 Å². The number of halogens is 2. The molecule has 2 heterocycles. The zero-order chi connectivity index (χ0) is 21.3. The van der Waals surface area contributed by atoms with Gasteiger partial charge in [0, 0.05) is 31.7 Å². The van der Waals surface area contributed by atoms with Crippen molar-refractivity contribution in [1.29, 1.82) is 0 Å². The van der Waals surface area contributed by atoms with Gasteiger partial charge in [-0.3, -0.25) is 4.79 Å². The van der Waals surface area contributed by atoms with Gasteiger partial charge < -0.3 is 4.90 Å². The van der Waals surface area contributed by atoms with Crippen molar-refractivity contribution in [3.05, 3.63) is 70.7 Å². The molecule has 8 nitrogen and oxygen atoms in total. The molecule has 0 spiro atoms. The van der Waals surface area contributed by atoms with E-state index in [-0.39, 0.29) is 47.0 Å². The first-order chi connectivity index (χ1) is 14.4. The van der Waals surface area contributed by atoms with Crippen molar-refractivity contribution in [2.75, 3.05) is 26.2 Å². The Labute approximate surface area is 183 Å². The third kappa shape index (κ3) is 3.93. The molecule has 11 heteroatoms. The van der Waals surface area contributed by atoms with Crippen LogP contribution in [0.5, 0.6) is 0 Å². The van der Waals surface area contributed by atoms with Gasteiger partial charge in [0.2, 0.25) is 10.0 Å². The van der Waals surface area contributed by atoms with E-state index >= 15 is 0 Å². The molecule has 1 aromatic heterocycles. The first kappa shape index (κ1) is 20.8. The molecule has 2 aromatic carbocycles. The molecule has 1 saturated heterocycles. The Balaban J connectivity index is 1.44. The van der Waals surface area contributed by atoms with Gasteiger partial charge >= 0.3 is 0 Å². The molecule has 0 aliphatic carbocycles. The molecule has 1 aliphatic heterocycles. The zero-order valence-corrected chi connectivity index (χ0v) is 18.0. The van der Waals surface area contributed by atoms with E-state index in [9.17, 15) is 13.2 Å². The molecule has 30 heavy (non-hydrogen) atoms. The third-order valence-corrected chi connectivity index (χ3v) is 7.73. The number of hydrogen-bond donors (Lipinski definition) is 0. The molecule has 0 N–H and O–H groups in total. The van der Waals surface area contributed by atoms with Crippen molar-refractivity contribution < 1.29 is 13.2 Å². The summed E-state index contributed by atoms with van der Waals surface area (Å²) in [5, 5.41) is 4.24. The van der Waals surface area contributed by atoms with Crippen LogP contribution in [0.15, 0.2) is 60.0 Å². The Morgan fingerprint density at radius 2 is 1.67 bits per heavy atom. The Kier molecular flexibility index (Phi) is 5.79. The first-order valence-corrected chi connectivity index (χ1v) is 11.3. The summed E-state index contributed by atoms with van der Waals surface area (Å²) in [4.78, 5) is 18.3. The minimum Gasteiger partial charge on any atom is -0.336 e. The molecule has 0 atom stereocenters. The van der Waals surface area contributed by atoms with Crippen LogP contribution in [-0.2, 0) is 10.0 Å². The lowest BCUT2D eigenvalue weighted by molar-refractivity contribution is 0.0698. The van der Waals surface area contributed by atoms with E-state index in [4.69, 9.17) is 23.2 Å². The summed E-state index contributed by atoms with van der Waals surface area (Å²) in [6.45, 7) is 0.907. The summed E-state index contributed by atoms with van der Waals surface area (Å²) in [5.74, 6) is -0.155. The second-order valence-electron chi connectivity index (χ2n) is 6.64. The fourth-order valence-electron chi connectivity index (χ4n) is 3.23. The molecule has 0 radical (unpaired) electrons. The highest BCUT2D eigenvalue weighted by molar-refractivity contribution is 7.89. The van der Waals surface area contributed by atoms with E-state index in [1.165, 1.54) is 22.8 Å². The van der Waals surface area contributed by atoms with Crippen molar-refractivity contribution in [1.82, 2.24) is 24.0 Å². The highest BCUT2D eigenvalue weighted by atomic mass is 35.5. The average molecular weight is 466 g/mol. The van der Waals surface area contributed by atoms with E-state index in [1.807, 2.05) is 0 Å². The predicted octanol–water partition coefficient (Wildman–Crippen LogP) is 2.72. The zero-order valence-electron chi connectivity index (χ0n) is 15.6. The van der Waals surface area contributed by atoms with E-state index in [1.54, 1.807) is 46.2 Å². The van der Waals surface area contributed by atoms with Crippen LogP contribution in [0.3, 0.4) is 0 Å². The van der Waals surface area contributed by atoms with Gasteiger partial charge in [-0.2, -0.15) is 9.40 Å². The van der Waals surface area contributed by atoms with Gasteiger partial charge in [0.25, 0.3) is 5.91 Å². The fraction of sp³-hybridized carbons (Fsp3) is 0.211. The maximum Gasteiger partial charge on any atom is 0.253 e. The maximum atomic E-state index is 12.9. The lowest BCUT2D eigenvalue weighted by Gasteiger charge is -2.34. The summed E-state index contributed by atoms with van der Waals surface area (Å²) in [5.41, 5.74) is 1.31. The number of hydrogen-bond acceptors (Lipinski definition) is 5. The minimum absolute atomic E-state index is 0.00476. The standard InChI is InChI=1S/C19H17Cl2N5O3S/c20-16-2-1-3-17(18(16)21)30(28,29)25-10-8-24(9-11-25)19(27)14-4-6-15(7-5-14)26-13-22-12-23-26/h1-7,12-13H,8-11H2. The smallest absolute Gasteiger partial charge is 0.253 e. The maximum absolute atomic E-state index is 12.9. The summed E-state index contributed by atoms with van der Waals surface area (Å²) in [6.07, 6.45) is 3.01. The third-order valence-electron chi connectivity index (χ3n) is 4.86. The number of piperazine rings is 1. The second kappa shape index (κ2) is 8.35. The van der Waals surface area contributed by atoms with Gasteiger partial charge in [0.15, 0.2) is 0 Å². The fourth-order valence-corrected chi connectivity index (χ4v) is 5.39. The molecule has 1 fully saturated rings. The van der Waals surface area contributed by atoms with Crippen LogP contribution in [0.4, 0.5) is 0 Å². The highest BCUT2D eigenvalue weighted by Gasteiger charge is 2.32. The van der Waals surface area contributed by atoms with E-state index in [0.29, 0.717) is 5.56 Å². The highest BCUT2D eigenvalue weighted by Crippen LogP contribution is 2.31. The number of carbonyl (C=O) groups excluding carboxylic acids is 1. The van der Waals surface area contributed by atoms with Gasteiger partial charge in [0.1, 0.15) is 17.6 Å². The largest absolute Gasteiger partial charge is 0.336 e. The van der Waals surface area contributed by atoms with Crippen molar-refractivity contribution in [2.24, 2.45) is 0 Å². The molecule has 4 rings (SSSR count). The SMILES string of the molecule is O=C(c1ccc(-n2cncn2)cc1)N1CCN(S(=O)(=O)c2cccc(Cl)c2Cl)CC1. The number of benzene rings is 2. The van der Waals surface area contributed by atoms with E-state index in [2.05, 4.69) is 10.1 Å². The molecule has 1 aliphatic rings. The van der Waals surface area contributed by atoms with Gasteiger partial charge in [0.05, 0.1) is 15.7 Å². The van der Waals surface area contributed by atoms with E-state index < -0.39 is 10.0 Å².